The minimum Gasteiger partial charge on any atom is -0.395 e. The van der Waals surface area contributed by atoms with E-state index in [-0.39, 0.29) is 6.61 Å². The summed E-state index contributed by atoms with van der Waals surface area (Å²) in [5.74, 6) is 0.852. The molecule has 30 heavy (non-hydrogen) atoms. The molecule has 158 valence electrons. The summed E-state index contributed by atoms with van der Waals surface area (Å²) in [7, 11) is 2.00. The number of benzene rings is 1. The number of aliphatic hydroxyl groups is 1. The molecule has 7 heteroatoms. The van der Waals surface area contributed by atoms with E-state index >= 15 is 0 Å². The van der Waals surface area contributed by atoms with Crippen LogP contribution in [0.2, 0.25) is 0 Å². The molecular weight excluding hydrogens is 394 g/mol. The number of aromatic nitrogens is 2. The summed E-state index contributed by atoms with van der Waals surface area (Å²) in [4.78, 5) is 14.0. The molecule has 0 bridgehead atoms. The van der Waals surface area contributed by atoms with Crippen LogP contribution in [0.5, 0.6) is 0 Å². The Morgan fingerprint density at radius 1 is 1.20 bits per heavy atom. The summed E-state index contributed by atoms with van der Waals surface area (Å²) in [6.45, 7) is 4.81. The van der Waals surface area contributed by atoms with E-state index in [1.165, 1.54) is 12.0 Å². The Morgan fingerprint density at radius 3 is 2.77 bits per heavy atom. The second kappa shape index (κ2) is 9.55. The highest BCUT2D eigenvalue weighted by Gasteiger charge is 2.27. The Kier molecular flexibility index (Phi) is 6.62. The number of likely N-dealkylation sites (N-methyl/N-ethyl adjacent to an activating group) is 1. The first-order valence-electron chi connectivity index (χ1n) is 10.4. The normalized spacial score (nSPS) is 16.7. The molecule has 6 nitrogen and oxygen atoms in total. The van der Waals surface area contributed by atoms with E-state index in [4.69, 9.17) is 10.1 Å². The fourth-order valence-electron chi connectivity index (χ4n) is 3.95. The highest BCUT2D eigenvalue weighted by Crippen LogP contribution is 2.33. The third-order valence-electron chi connectivity index (χ3n) is 5.53. The number of pyridine rings is 1. The van der Waals surface area contributed by atoms with Crippen LogP contribution < -0.4 is 10.2 Å². The zero-order valence-electron chi connectivity index (χ0n) is 17.6. The van der Waals surface area contributed by atoms with Crippen molar-refractivity contribution >= 4 is 28.0 Å². The second-order valence-corrected chi connectivity index (χ2v) is 8.66. The van der Waals surface area contributed by atoms with Crippen LogP contribution in [0, 0.1) is 6.92 Å². The molecule has 0 radical (unpaired) electrons. The largest absolute Gasteiger partial charge is 0.395 e. The van der Waals surface area contributed by atoms with Gasteiger partial charge in [-0.3, -0.25) is 4.90 Å². The highest BCUT2D eigenvalue weighted by atomic mass is 32.1. The lowest BCUT2D eigenvalue weighted by Gasteiger charge is -2.25. The molecule has 1 atom stereocenters. The van der Waals surface area contributed by atoms with Crippen molar-refractivity contribution in [1.29, 1.82) is 0 Å². The lowest BCUT2D eigenvalue weighted by atomic mass is 10.1. The number of aliphatic hydroxyl groups excluding tert-OH is 1. The number of thiazole rings is 1. The minimum atomic E-state index is 0.163. The molecule has 1 aliphatic rings. The van der Waals surface area contributed by atoms with Crippen LogP contribution in [-0.4, -0.2) is 46.7 Å². The number of likely N-dealkylation sites (tertiary alicyclic amines) is 1. The van der Waals surface area contributed by atoms with Crippen LogP contribution in [-0.2, 0) is 6.54 Å². The van der Waals surface area contributed by atoms with Crippen molar-refractivity contribution < 1.29 is 5.11 Å². The molecule has 0 aliphatic carbocycles. The lowest BCUT2D eigenvalue weighted by molar-refractivity contribution is 0.244. The first kappa shape index (κ1) is 20.8. The Labute approximate surface area is 182 Å². The van der Waals surface area contributed by atoms with Gasteiger partial charge < -0.3 is 15.3 Å². The van der Waals surface area contributed by atoms with Crippen molar-refractivity contribution in [2.45, 2.75) is 32.4 Å². The fraction of sp³-hybridized carbons (Fsp3) is 0.391. The molecule has 1 saturated heterocycles. The van der Waals surface area contributed by atoms with Gasteiger partial charge in [0.05, 0.1) is 24.0 Å². The quantitative estimate of drug-likeness (QED) is 0.561. The molecule has 3 aromatic rings. The molecule has 0 spiro atoms. The van der Waals surface area contributed by atoms with Gasteiger partial charge in [0.15, 0.2) is 5.13 Å². The van der Waals surface area contributed by atoms with Crippen LogP contribution in [0.4, 0.5) is 16.6 Å². The molecule has 1 unspecified atom stereocenters. The van der Waals surface area contributed by atoms with Crippen molar-refractivity contribution in [2.75, 3.05) is 37.0 Å². The zero-order chi connectivity index (χ0) is 20.9. The molecule has 0 saturated carbocycles. The van der Waals surface area contributed by atoms with E-state index in [2.05, 4.69) is 56.5 Å². The Hall–Kier alpha value is -2.48. The lowest BCUT2D eigenvalue weighted by Crippen LogP contribution is -2.24. The monoisotopic (exact) mass is 423 g/mol. The van der Waals surface area contributed by atoms with Gasteiger partial charge >= 0.3 is 0 Å². The van der Waals surface area contributed by atoms with Gasteiger partial charge in [-0.15, -0.1) is 11.3 Å². The third-order valence-corrected chi connectivity index (χ3v) is 6.40. The zero-order valence-corrected chi connectivity index (χ0v) is 18.4. The van der Waals surface area contributed by atoms with E-state index in [1.54, 1.807) is 11.3 Å². The van der Waals surface area contributed by atoms with Gasteiger partial charge in [-0.1, -0.05) is 18.2 Å². The topological polar surface area (TPSA) is 64.5 Å². The standard InChI is InChI=1S/C23H29N5OS/c1-17-16-30-23(24-17)26-22-7-3-5-20(25-22)21-6-4-12-28(21)15-18-8-10-19(11-9-18)27(2)13-14-29/h3,5,7-11,16,21,29H,4,6,12-15H2,1-2H3,(H,24,25,26). The summed E-state index contributed by atoms with van der Waals surface area (Å²) in [5.41, 5.74) is 4.57. The SMILES string of the molecule is Cc1csc(Nc2cccc(C3CCCN3Cc3ccc(N(C)CCO)cc3)n2)n1. The first-order chi connectivity index (χ1) is 14.6. The summed E-state index contributed by atoms with van der Waals surface area (Å²) < 4.78 is 0. The Bertz CT molecular complexity index is 958. The summed E-state index contributed by atoms with van der Waals surface area (Å²) >= 11 is 1.60. The number of anilines is 3. The molecule has 3 heterocycles. The molecule has 1 aromatic carbocycles. The summed E-state index contributed by atoms with van der Waals surface area (Å²) in [6.07, 6.45) is 2.32. The number of nitrogens with one attached hydrogen (secondary N) is 1. The van der Waals surface area contributed by atoms with Crippen molar-refractivity contribution in [2.24, 2.45) is 0 Å². The molecule has 1 aliphatic heterocycles. The van der Waals surface area contributed by atoms with Crippen molar-refractivity contribution in [1.82, 2.24) is 14.9 Å². The van der Waals surface area contributed by atoms with Crippen LogP contribution in [0.25, 0.3) is 0 Å². The second-order valence-electron chi connectivity index (χ2n) is 7.81. The predicted octanol–water partition coefficient (Wildman–Crippen LogP) is 4.36. The maximum Gasteiger partial charge on any atom is 0.188 e. The third kappa shape index (κ3) is 4.98. The van der Waals surface area contributed by atoms with Gasteiger partial charge in [0.1, 0.15) is 5.82 Å². The van der Waals surface area contributed by atoms with E-state index in [1.807, 2.05) is 25.4 Å². The van der Waals surface area contributed by atoms with Gasteiger partial charge in [0.2, 0.25) is 0 Å². The Balaban J connectivity index is 1.44. The summed E-state index contributed by atoms with van der Waals surface area (Å²) in [6, 6.07) is 15.2. The number of rotatable bonds is 8. The summed E-state index contributed by atoms with van der Waals surface area (Å²) in [5, 5.41) is 15.4. The molecule has 2 N–H and O–H groups in total. The molecule has 2 aromatic heterocycles. The van der Waals surface area contributed by atoms with Gasteiger partial charge in [-0.2, -0.15) is 0 Å². The molecule has 1 fully saturated rings. The first-order valence-corrected chi connectivity index (χ1v) is 11.3. The van der Waals surface area contributed by atoms with Crippen molar-refractivity contribution in [3.05, 3.63) is 64.8 Å². The predicted molar refractivity (Wildman–Crippen MR) is 124 cm³/mol. The fourth-order valence-corrected chi connectivity index (χ4v) is 4.64. The average molecular weight is 424 g/mol. The van der Waals surface area contributed by atoms with E-state index in [9.17, 15) is 0 Å². The maximum atomic E-state index is 9.12. The maximum absolute atomic E-state index is 9.12. The van der Waals surface area contributed by atoms with Crippen LogP contribution in [0.15, 0.2) is 47.8 Å². The van der Waals surface area contributed by atoms with E-state index in [0.29, 0.717) is 12.6 Å². The van der Waals surface area contributed by atoms with Crippen LogP contribution in [0.3, 0.4) is 0 Å². The number of aryl methyl sites for hydroxylation is 1. The average Bonchev–Trinajstić information content (AvgIpc) is 3.38. The van der Waals surface area contributed by atoms with E-state index < -0.39 is 0 Å². The molecule has 0 amide bonds. The highest BCUT2D eigenvalue weighted by molar-refractivity contribution is 7.13. The molecule has 4 rings (SSSR count). The van der Waals surface area contributed by atoms with Crippen LogP contribution in [0.1, 0.15) is 35.8 Å². The van der Waals surface area contributed by atoms with Crippen molar-refractivity contribution in [3.8, 4) is 0 Å². The Morgan fingerprint density at radius 2 is 2.03 bits per heavy atom. The van der Waals surface area contributed by atoms with Gasteiger partial charge in [-0.25, -0.2) is 9.97 Å². The number of hydrogen-bond donors (Lipinski definition) is 2. The smallest absolute Gasteiger partial charge is 0.188 e. The van der Waals surface area contributed by atoms with Crippen LogP contribution >= 0.6 is 11.3 Å². The van der Waals surface area contributed by atoms with E-state index in [0.717, 1.165) is 47.5 Å². The van der Waals surface area contributed by atoms with Gasteiger partial charge in [0.25, 0.3) is 0 Å². The van der Waals surface area contributed by atoms with Gasteiger partial charge in [-0.05, 0) is 56.1 Å². The number of nitrogens with zero attached hydrogens (tertiary/aromatic N) is 4. The van der Waals surface area contributed by atoms with Crippen molar-refractivity contribution in [3.63, 3.8) is 0 Å². The number of hydrogen-bond acceptors (Lipinski definition) is 7. The molecular formula is C23H29N5OS. The van der Waals surface area contributed by atoms with Gasteiger partial charge in [0, 0.05) is 31.2 Å². The minimum absolute atomic E-state index is 0.163.